The van der Waals surface area contributed by atoms with Crippen LogP contribution in [0.2, 0.25) is 0 Å². The lowest BCUT2D eigenvalue weighted by Gasteiger charge is -2.44. The van der Waals surface area contributed by atoms with Gasteiger partial charge in [-0.3, -0.25) is 0 Å². The Kier molecular flexibility index (Phi) is 3.70. The minimum atomic E-state index is -0.320. The minimum absolute atomic E-state index is 0.181. The highest BCUT2D eigenvalue weighted by Gasteiger charge is 2.34. The molecule has 1 saturated heterocycles. The van der Waals surface area contributed by atoms with Gasteiger partial charge in [0, 0.05) is 26.1 Å². The zero-order chi connectivity index (χ0) is 18.5. The van der Waals surface area contributed by atoms with Crippen molar-refractivity contribution in [3.05, 3.63) is 35.8 Å². The van der Waals surface area contributed by atoms with E-state index in [-0.39, 0.29) is 11.9 Å². The molecule has 0 unspecified atom stereocenters. The Morgan fingerprint density at radius 2 is 2.00 bits per heavy atom. The maximum absolute atomic E-state index is 14.5. The molecule has 0 bridgehead atoms. The van der Waals surface area contributed by atoms with E-state index >= 15 is 0 Å². The second-order valence-corrected chi connectivity index (χ2v) is 7.28. The van der Waals surface area contributed by atoms with Crippen LogP contribution in [0.3, 0.4) is 0 Å². The van der Waals surface area contributed by atoms with Gasteiger partial charge >= 0.3 is 0 Å². The Morgan fingerprint density at radius 3 is 2.74 bits per heavy atom. The number of hydrogen-bond acceptors (Lipinski definition) is 7. The van der Waals surface area contributed by atoms with Crippen LogP contribution in [0.5, 0.6) is 0 Å². The molecule has 9 heteroatoms. The van der Waals surface area contributed by atoms with Crippen molar-refractivity contribution in [3.8, 4) is 0 Å². The molecule has 2 aliphatic rings. The molecular formula is C18H21FN8. The third-order valence-electron chi connectivity index (χ3n) is 5.46. The molecule has 4 heterocycles. The molecule has 0 radical (unpaired) electrons. The summed E-state index contributed by atoms with van der Waals surface area (Å²) >= 11 is 0. The molecule has 2 fully saturated rings. The van der Waals surface area contributed by atoms with Crippen molar-refractivity contribution in [2.75, 3.05) is 29.9 Å². The molecule has 5 rings (SSSR count). The molecule has 27 heavy (non-hydrogen) atoms. The van der Waals surface area contributed by atoms with E-state index in [0.29, 0.717) is 23.9 Å². The summed E-state index contributed by atoms with van der Waals surface area (Å²) < 4.78 is 16.4. The van der Waals surface area contributed by atoms with Gasteiger partial charge in [0.25, 0.3) is 0 Å². The third-order valence-corrected chi connectivity index (χ3v) is 5.46. The summed E-state index contributed by atoms with van der Waals surface area (Å²) in [7, 11) is 1.88. The second kappa shape index (κ2) is 6.11. The molecule has 3 aromatic heterocycles. The first-order valence-electron chi connectivity index (χ1n) is 9.35. The van der Waals surface area contributed by atoms with Gasteiger partial charge in [-0.1, -0.05) is 6.92 Å². The Balaban J connectivity index is 1.33. The van der Waals surface area contributed by atoms with Crippen molar-refractivity contribution in [2.45, 2.75) is 38.1 Å². The van der Waals surface area contributed by atoms with Gasteiger partial charge in [0.05, 0.1) is 11.7 Å². The second-order valence-electron chi connectivity index (χ2n) is 7.28. The van der Waals surface area contributed by atoms with Crippen LogP contribution in [-0.4, -0.2) is 56.0 Å². The quantitative estimate of drug-likeness (QED) is 0.680. The van der Waals surface area contributed by atoms with Crippen LogP contribution in [0.25, 0.3) is 5.65 Å². The number of halogens is 1. The van der Waals surface area contributed by atoms with E-state index in [1.54, 1.807) is 0 Å². The molecule has 1 aliphatic carbocycles. The number of aryl methyl sites for hydroxylation is 1. The normalized spacial score (nSPS) is 17.4. The average Bonchev–Trinajstić information content (AvgIpc) is 3.40. The number of anilines is 2. The predicted molar refractivity (Wildman–Crippen MR) is 98.5 cm³/mol. The summed E-state index contributed by atoms with van der Waals surface area (Å²) in [4.78, 5) is 12.2. The van der Waals surface area contributed by atoms with E-state index in [0.717, 1.165) is 43.2 Å². The first-order chi connectivity index (χ1) is 13.2. The molecule has 0 aromatic carbocycles. The fourth-order valence-corrected chi connectivity index (χ4v) is 3.51. The smallest absolute Gasteiger partial charge is 0.187 e. The third kappa shape index (κ3) is 2.68. The molecule has 8 nitrogen and oxygen atoms in total. The maximum Gasteiger partial charge on any atom is 0.187 e. The molecule has 1 saturated carbocycles. The van der Waals surface area contributed by atoms with Crippen molar-refractivity contribution in [2.24, 2.45) is 0 Å². The maximum atomic E-state index is 14.5. The number of likely N-dealkylation sites (N-methyl/N-ethyl adjacent to an activating group) is 1. The summed E-state index contributed by atoms with van der Waals surface area (Å²) in [5.41, 5.74) is 1.24. The standard InChI is InChI=1S/C18H21FN8/c1-3-13-16(19)18(21-10-20-13)25(2)12-8-26(9-12)15-7-6-14-22-23-17(11-4-5-11)27(14)24-15/h6-7,10-12H,3-5,8-9H2,1-2H3. The van der Waals surface area contributed by atoms with Crippen LogP contribution < -0.4 is 9.80 Å². The van der Waals surface area contributed by atoms with Gasteiger partial charge in [-0.05, 0) is 31.4 Å². The molecule has 0 spiro atoms. The lowest BCUT2D eigenvalue weighted by atomic mass is 10.1. The first kappa shape index (κ1) is 16.3. The highest BCUT2D eigenvalue weighted by molar-refractivity contribution is 5.51. The van der Waals surface area contributed by atoms with Gasteiger partial charge in [0.2, 0.25) is 0 Å². The van der Waals surface area contributed by atoms with Crippen LogP contribution in [0.15, 0.2) is 18.5 Å². The molecule has 140 valence electrons. The van der Waals surface area contributed by atoms with E-state index in [1.165, 1.54) is 6.33 Å². The summed E-state index contributed by atoms with van der Waals surface area (Å²) in [6.45, 7) is 3.42. The summed E-state index contributed by atoms with van der Waals surface area (Å²) in [5.74, 6) is 2.39. The van der Waals surface area contributed by atoms with E-state index in [9.17, 15) is 4.39 Å². The van der Waals surface area contributed by atoms with E-state index in [1.807, 2.05) is 35.5 Å². The minimum Gasteiger partial charge on any atom is -0.351 e. The first-order valence-corrected chi connectivity index (χ1v) is 9.35. The van der Waals surface area contributed by atoms with E-state index in [4.69, 9.17) is 5.10 Å². The zero-order valence-electron chi connectivity index (χ0n) is 15.4. The van der Waals surface area contributed by atoms with Crippen molar-refractivity contribution in [3.63, 3.8) is 0 Å². The van der Waals surface area contributed by atoms with Crippen LogP contribution in [0, 0.1) is 5.82 Å². The summed E-state index contributed by atoms with van der Waals surface area (Å²) in [5, 5.41) is 13.2. The van der Waals surface area contributed by atoms with Crippen LogP contribution >= 0.6 is 0 Å². The highest BCUT2D eigenvalue weighted by atomic mass is 19.1. The molecule has 0 atom stereocenters. The number of hydrogen-bond donors (Lipinski definition) is 0. The van der Waals surface area contributed by atoms with E-state index < -0.39 is 0 Å². The zero-order valence-corrected chi connectivity index (χ0v) is 15.4. The van der Waals surface area contributed by atoms with Gasteiger partial charge in [-0.25, -0.2) is 14.4 Å². The van der Waals surface area contributed by atoms with Gasteiger partial charge in [0.15, 0.2) is 23.1 Å². The van der Waals surface area contributed by atoms with Crippen molar-refractivity contribution in [1.29, 1.82) is 0 Å². The lowest BCUT2D eigenvalue weighted by molar-refractivity contribution is 0.476. The Bertz CT molecular complexity index is 992. The van der Waals surface area contributed by atoms with Crippen LogP contribution in [-0.2, 0) is 6.42 Å². The topological polar surface area (TPSA) is 75.3 Å². The number of aromatic nitrogens is 6. The van der Waals surface area contributed by atoms with Crippen LogP contribution in [0.1, 0.15) is 37.2 Å². The molecule has 1 aliphatic heterocycles. The fraction of sp³-hybridized carbons (Fsp3) is 0.500. The van der Waals surface area contributed by atoms with E-state index in [2.05, 4.69) is 25.1 Å². The van der Waals surface area contributed by atoms with Gasteiger partial charge in [0.1, 0.15) is 12.1 Å². The molecule has 3 aromatic rings. The number of rotatable bonds is 5. The van der Waals surface area contributed by atoms with Gasteiger partial charge < -0.3 is 9.80 Å². The van der Waals surface area contributed by atoms with Crippen molar-refractivity contribution in [1.82, 2.24) is 29.8 Å². The molecule has 0 amide bonds. The lowest BCUT2D eigenvalue weighted by Crippen LogP contribution is -2.59. The van der Waals surface area contributed by atoms with Crippen LogP contribution in [0.4, 0.5) is 16.0 Å². The van der Waals surface area contributed by atoms with Crippen molar-refractivity contribution >= 4 is 17.3 Å². The number of nitrogens with zero attached hydrogens (tertiary/aromatic N) is 8. The Morgan fingerprint density at radius 1 is 1.19 bits per heavy atom. The monoisotopic (exact) mass is 368 g/mol. The predicted octanol–water partition coefficient (Wildman–Crippen LogP) is 1.82. The molecule has 0 N–H and O–H groups in total. The SMILES string of the molecule is CCc1ncnc(N(C)C2CN(c3ccc4nnc(C5CC5)n4n3)C2)c1F. The van der Waals surface area contributed by atoms with Gasteiger partial charge in [-0.15, -0.1) is 15.3 Å². The van der Waals surface area contributed by atoms with Crippen molar-refractivity contribution < 1.29 is 4.39 Å². The molecular weight excluding hydrogens is 347 g/mol. The Labute approximate surface area is 156 Å². The Hall–Kier alpha value is -2.84. The summed E-state index contributed by atoms with van der Waals surface area (Å²) in [6, 6.07) is 4.10. The largest absolute Gasteiger partial charge is 0.351 e. The fourth-order valence-electron chi connectivity index (χ4n) is 3.51. The average molecular weight is 368 g/mol. The van der Waals surface area contributed by atoms with Gasteiger partial charge in [-0.2, -0.15) is 4.52 Å². The summed E-state index contributed by atoms with van der Waals surface area (Å²) in [6.07, 6.45) is 4.31. The number of fused-ring (bicyclic) bond motifs is 1. The highest BCUT2D eigenvalue weighted by Crippen LogP contribution is 2.39.